The normalized spacial score (nSPS) is 10.1. The summed E-state index contributed by atoms with van der Waals surface area (Å²) in [5.74, 6) is 0.801. The minimum Gasteiger partial charge on any atom is -0.494 e. The Kier molecular flexibility index (Phi) is 5.12. The third-order valence-corrected chi connectivity index (χ3v) is 2.88. The highest BCUT2D eigenvalue weighted by molar-refractivity contribution is 5.93. The van der Waals surface area contributed by atoms with Gasteiger partial charge in [-0.25, -0.2) is 0 Å². The lowest BCUT2D eigenvalue weighted by molar-refractivity contribution is 0.0954. The van der Waals surface area contributed by atoms with Crippen molar-refractivity contribution in [2.24, 2.45) is 0 Å². The maximum Gasteiger partial charge on any atom is 0.251 e. The van der Waals surface area contributed by atoms with Gasteiger partial charge in [0.2, 0.25) is 0 Å². The molecule has 0 aliphatic rings. The summed E-state index contributed by atoms with van der Waals surface area (Å²) in [4.78, 5) is 15.7. The van der Waals surface area contributed by atoms with E-state index in [0.29, 0.717) is 18.7 Å². The lowest BCUT2D eigenvalue weighted by Gasteiger charge is -2.06. The van der Waals surface area contributed by atoms with Crippen molar-refractivity contribution in [3.63, 3.8) is 0 Å². The summed E-state index contributed by atoms with van der Waals surface area (Å²) < 4.78 is 5.39. The summed E-state index contributed by atoms with van der Waals surface area (Å²) in [5, 5.41) is 2.89. The first-order chi connectivity index (χ1) is 9.79. The standard InChI is InChI=1S/C16H18N2O2/c1-2-20-15-5-3-13(4-6-15)7-12-18-16(19)14-8-10-17-11-9-14/h3-6,8-11H,2,7,12H2,1H3,(H,18,19). The van der Waals surface area contributed by atoms with Crippen LogP contribution >= 0.6 is 0 Å². The van der Waals surface area contributed by atoms with Crippen LogP contribution < -0.4 is 10.1 Å². The zero-order valence-corrected chi connectivity index (χ0v) is 11.5. The van der Waals surface area contributed by atoms with E-state index >= 15 is 0 Å². The van der Waals surface area contributed by atoms with Gasteiger partial charge < -0.3 is 10.1 Å². The number of hydrogen-bond acceptors (Lipinski definition) is 3. The van der Waals surface area contributed by atoms with Crippen LogP contribution in [0.4, 0.5) is 0 Å². The van der Waals surface area contributed by atoms with Crippen molar-refractivity contribution in [1.29, 1.82) is 0 Å². The quantitative estimate of drug-likeness (QED) is 0.877. The number of rotatable bonds is 6. The molecule has 1 aromatic heterocycles. The smallest absolute Gasteiger partial charge is 0.251 e. The van der Waals surface area contributed by atoms with Crippen molar-refractivity contribution in [1.82, 2.24) is 10.3 Å². The molecule has 0 aliphatic carbocycles. The van der Waals surface area contributed by atoms with E-state index in [1.807, 2.05) is 31.2 Å². The van der Waals surface area contributed by atoms with Crippen molar-refractivity contribution in [2.45, 2.75) is 13.3 Å². The predicted molar refractivity (Wildman–Crippen MR) is 77.9 cm³/mol. The van der Waals surface area contributed by atoms with Gasteiger partial charge in [-0.1, -0.05) is 12.1 Å². The molecule has 0 saturated carbocycles. The van der Waals surface area contributed by atoms with Crippen molar-refractivity contribution >= 4 is 5.91 Å². The molecule has 0 unspecified atom stereocenters. The number of pyridine rings is 1. The molecule has 2 aromatic rings. The van der Waals surface area contributed by atoms with Gasteiger partial charge in [-0.05, 0) is 43.2 Å². The Morgan fingerprint density at radius 1 is 1.15 bits per heavy atom. The number of hydrogen-bond donors (Lipinski definition) is 1. The fourth-order valence-corrected chi connectivity index (χ4v) is 1.84. The molecule has 104 valence electrons. The molecule has 1 amide bonds. The van der Waals surface area contributed by atoms with E-state index in [2.05, 4.69) is 10.3 Å². The van der Waals surface area contributed by atoms with Crippen LogP contribution in [0.5, 0.6) is 5.75 Å². The molecule has 2 rings (SSSR count). The van der Waals surface area contributed by atoms with Crippen molar-refractivity contribution in [3.8, 4) is 5.75 Å². The molecular formula is C16H18N2O2. The Hall–Kier alpha value is -2.36. The fourth-order valence-electron chi connectivity index (χ4n) is 1.84. The van der Waals surface area contributed by atoms with E-state index < -0.39 is 0 Å². The van der Waals surface area contributed by atoms with E-state index in [9.17, 15) is 4.79 Å². The van der Waals surface area contributed by atoms with Crippen molar-refractivity contribution in [2.75, 3.05) is 13.2 Å². The molecule has 0 fully saturated rings. The van der Waals surface area contributed by atoms with Gasteiger partial charge >= 0.3 is 0 Å². The molecule has 0 aliphatic heterocycles. The third-order valence-electron chi connectivity index (χ3n) is 2.88. The van der Waals surface area contributed by atoms with Gasteiger partial charge in [0, 0.05) is 24.5 Å². The largest absolute Gasteiger partial charge is 0.494 e. The number of aromatic nitrogens is 1. The van der Waals surface area contributed by atoms with Crippen LogP contribution in [0.15, 0.2) is 48.8 Å². The predicted octanol–water partition coefficient (Wildman–Crippen LogP) is 2.45. The first-order valence-electron chi connectivity index (χ1n) is 6.69. The minimum atomic E-state index is -0.0710. The number of nitrogens with one attached hydrogen (secondary N) is 1. The number of carbonyl (C=O) groups excluding carboxylic acids is 1. The summed E-state index contributed by atoms with van der Waals surface area (Å²) in [6.45, 7) is 3.24. The number of amides is 1. The van der Waals surface area contributed by atoms with Gasteiger partial charge in [-0.2, -0.15) is 0 Å². The molecule has 4 nitrogen and oxygen atoms in total. The van der Waals surface area contributed by atoms with Gasteiger partial charge in [-0.3, -0.25) is 9.78 Å². The summed E-state index contributed by atoms with van der Waals surface area (Å²) in [6, 6.07) is 11.3. The van der Waals surface area contributed by atoms with Gasteiger partial charge in [0.1, 0.15) is 5.75 Å². The Morgan fingerprint density at radius 2 is 1.85 bits per heavy atom. The lowest BCUT2D eigenvalue weighted by atomic mass is 10.1. The van der Waals surface area contributed by atoms with E-state index in [4.69, 9.17) is 4.74 Å². The summed E-state index contributed by atoms with van der Waals surface area (Å²) in [6.07, 6.45) is 4.02. The molecule has 1 heterocycles. The zero-order chi connectivity index (χ0) is 14.2. The third kappa shape index (κ3) is 4.09. The molecule has 0 spiro atoms. The Bertz CT molecular complexity index is 538. The van der Waals surface area contributed by atoms with Gasteiger partial charge in [-0.15, -0.1) is 0 Å². The molecular weight excluding hydrogens is 252 g/mol. The summed E-state index contributed by atoms with van der Waals surface area (Å²) in [7, 11) is 0. The second kappa shape index (κ2) is 7.28. The SMILES string of the molecule is CCOc1ccc(CCNC(=O)c2ccncc2)cc1. The fraction of sp³-hybridized carbons (Fsp3) is 0.250. The topological polar surface area (TPSA) is 51.2 Å². The molecule has 1 N–H and O–H groups in total. The maximum absolute atomic E-state index is 11.8. The molecule has 20 heavy (non-hydrogen) atoms. The van der Waals surface area contributed by atoms with E-state index in [-0.39, 0.29) is 5.91 Å². The average Bonchev–Trinajstić information content (AvgIpc) is 2.50. The Morgan fingerprint density at radius 3 is 2.50 bits per heavy atom. The van der Waals surface area contributed by atoms with Crippen molar-refractivity contribution in [3.05, 3.63) is 59.9 Å². The van der Waals surface area contributed by atoms with Crippen LogP contribution in [0.1, 0.15) is 22.8 Å². The van der Waals surface area contributed by atoms with Gasteiger partial charge in [0.05, 0.1) is 6.61 Å². The number of benzene rings is 1. The number of ether oxygens (including phenoxy) is 1. The first kappa shape index (κ1) is 14.1. The molecule has 0 radical (unpaired) electrons. The minimum absolute atomic E-state index is 0.0710. The van der Waals surface area contributed by atoms with Crippen LogP contribution in [0, 0.1) is 0 Å². The van der Waals surface area contributed by atoms with E-state index in [1.165, 1.54) is 5.56 Å². The molecule has 0 saturated heterocycles. The van der Waals surface area contributed by atoms with Gasteiger partial charge in [0.25, 0.3) is 5.91 Å². The highest BCUT2D eigenvalue weighted by atomic mass is 16.5. The number of carbonyl (C=O) groups is 1. The second-order valence-corrected chi connectivity index (χ2v) is 4.32. The first-order valence-corrected chi connectivity index (χ1v) is 6.69. The molecule has 0 atom stereocenters. The van der Waals surface area contributed by atoms with Gasteiger partial charge in [0.15, 0.2) is 0 Å². The Labute approximate surface area is 118 Å². The van der Waals surface area contributed by atoms with Crippen LogP contribution in [0.3, 0.4) is 0 Å². The monoisotopic (exact) mass is 270 g/mol. The average molecular weight is 270 g/mol. The highest BCUT2D eigenvalue weighted by Crippen LogP contribution is 2.12. The molecule has 1 aromatic carbocycles. The van der Waals surface area contributed by atoms with Crippen molar-refractivity contribution < 1.29 is 9.53 Å². The summed E-state index contributed by atoms with van der Waals surface area (Å²) >= 11 is 0. The van der Waals surface area contributed by atoms with Crippen LogP contribution in [0.25, 0.3) is 0 Å². The zero-order valence-electron chi connectivity index (χ0n) is 11.5. The Balaban J connectivity index is 1.79. The second-order valence-electron chi connectivity index (χ2n) is 4.32. The van der Waals surface area contributed by atoms with E-state index in [1.54, 1.807) is 24.5 Å². The number of nitrogens with zero attached hydrogens (tertiary/aromatic N) is 1. The van der Waals surface area contributed by atoms with Crippen LogP contribution in [-0.4, -0.2) is 24.0 Å². The maximum atomic E-state index is 11.8. The summed E-state index contributed by atoms with van der Waals surface area (Å²) in [5.41, 5.74) is 1.80. The van der Waals surface area contributed by atoms with E-state index in [0.717, 1.165) is 12.2 Å². The van der Waals surface area contributed by atoms with Crippen LogP contribution in [-0.2, 0) is 6.42 Å². The highest BCUT2D eigenvalue weighted by Gasteiger charge is 2.03. The van der Waals surface area contributed by atoms with Crippen LogP contribution in [0.2, 0.25) is 0 Å². The molecule has 4 heteroatoms. The molecule has 0 bridgehead atoms. The lowest BCUT2D eigenvalue weighted by Crippen LogP contribution is -2.25.